The van der Waals surface area contributed by atoms with Crippen molar-refractivity contribution in [3.63, 3.8) is 0 Å². The number of nitrogens with zero attached hydrogens (tertiary/aromatic N) is 1. The van der Waals surface area contributed by atoms with Crippen molar-refractivity contribution < 1.29 is 9.18 Å². The predicted octanol–water partition coefficient (Wildman–Crippen LogP) is 2.15. The lowest BCUT2D eigenvalue weighted by atomic mass is 10.2. The van der Waals surface area contributed by atoms with Crippen LogP contribution >= 0.6 is 15.9 Å². The molecule has 0 aliphatic rings. The number of H-pyrrole nitrogens is 1. The highest BCUT2D eigenvalue weighted by atomic mass is 79.9. The third-order valence-corrected chi connectivity index (χ3v) is 2.91. The first-order valence-corrected chi connectivity index (χ1v) is 5.43. The van der Waals surface area contributed by atoms with Crippen LogP contribution in [0.4, 0.5) is 15.9 Å². The second-order valence-corrected chi connectivity index (χ2v) is 4.05. The van der Waals surface area contributed by atoms with Gasteiger partial charge in [-0.2, -0.15) is 5.10 Å². The van der Waals surface area contributed by atoms with E-state index in [0.717, 1.165) is 0 Å². The van der Waals surface area contributed by atoms with Crippen molar-refractivity contribution in [2.75, 3.05) is 11.1 Å². The minimum Gasteiger partial charge on any atom is -0.394 e. The number of aromatic amines is 1. The van der Waals surface area contributed by atoms with Gasteiger partial charge in [-0.1, -0.05) is 6.07 Å². The monoisotopic (exact) mass is 298 g/mol. The van der Waals surface area contributed by atoms with E-state index >= 15 is 0 Å². The highest BCUT2D eigenvalue weighted by Crippen LogP contribution is 2.22. The van der Waals surface area contributed by atoms with Gasteiger partial charge in [-0.3, -0.25) is 9.89 Å². The summed E-state index contributed by atoms with van der Waals surface area (Å²) in [4.78, 5) is 11.8. The van der Waals surface area contributed by atoms with E-state index in [1.165, 1.54) is 24.4 Å². The summed E-state index contributed by atoms with van der Waals surface area (Å²) in [5.74, 6) is -0.700. The van der Waals surface area contributed by atoms with Gasteiger partial charge in [0.2, 0.25) is 0 Å². The Morgan fingerprint density at radius 1 is 1.53 bits per heavy atom. The summed E-state index contributed by atoms with van der Waals surface area (Å²) in [7, 11) is 0. The average molecular weight is 299 g/mol. The molecule has 1 aromatic heterocycles. The fourth-order valence-corrected chi connectivity index (χ4v) is 1.70. The third-order valence-electron chi connectivity index (χ3n) is 2.10. The summed E-state index contributed by atoms with van der Waals surface area (Å²) < 4.78 is 13.3. The normalized spacial score (nSPS) is 10.2. The van der Waals surface area contributed by atoms with Gasteiger partial charge in [0.05, 0.1) is 21.9 Å². The molecule has 1 heterocycles. The first kappa shape index (κ1) is 11.6. The summed E-state index contributed by atoms with van der Waals surface area (Å²) in [6, 6.07) is 4.20. The zero-order chi connectivity index (χ0) is 12.4. The van der Waals surface area contributed by atoms with E-state index in [1.807, 2.05) is 0 Å². The number of anilines is 2. The largest absolute Gasteiger partial charge is 0.394 e. The SMILES string of the molecule is Nc1cn[nH]c1NC(=O)c1cccc(F)c1Br. The molecule has 0 aliphatic carbocycles. The lowest BCUT2D eigenvalue weighted by Gasteiger charge is -2.06. The Bertz CT molecular complexity index is 569. The Kier molecular flexibility index (Phi) is 3.10. The number of benzene rings is 1. The van der Waals surface area contributed by atoms with Crippen molar-refractivity contribution in [2.45, 2.75) is 0 Å². The summed E-state index contributed by atoms with van der Waals surface area (Å²) in [5, 5.41) is 8.68. The number of carbonyl (C=O) groups excluding carboxylic acids is 1. The molecule has 0 unspecified atom stereocenters. The van der Waals surface area contributed by atoms with Crippen LogP contribution in [0.3, 0.4) is 0 Å². The zero-order valence-electron chi connectivity index (χ0n) is 8.50. The van der Waals surface area contributed by atoms with Crippen LogP contribution < -0.4 is 11.1 Å². The second-order valence-electron chi connectivity index (χ2n) is 3.26. The van der Waals surface area contributed by atoms with E-state index in [-0.39, 0.29) is 15.9 Å². The fraction of sp³-hybridized carbons (Fsp3) is 0. The van der Waals surface area contributed by atoms with Crippen molar-refractivity contribution in [1.82, 2.24) is 10.2 Å². The molecule has 4 N–H and O–H groups in total. The van der Waals surface area contributed by atoms with Gasteiger partial charge in [0.1, 0.15) is 5.82 Å². The number of aromatic nitrogens is 2. The van der Waals surface area contributed by atoms with E-state index in [9.17, 15) is 9.18 Å². The van der Waals surface area contributed by atoms with Gasteiger partial charge < -0.3 is 11.1 Å². The van der Waals surface area contributed by atoms with E-state index in [1.54, 1.807) is 0 Å². The first-order chi connectivity index (χ1) is 8.09. The van der Waals surface area contributed by atoms with Gasteiger partial charge in [-0.25, -0.2) is 4.39 Å². The number of nitrogens with one attached hydrogen (secondary N) is 2. The van der Waals surface area contributed by atoms with Crippen molar-refractivity contribution >= 4 is 33.3 Å². The summed E-state index contributed by atoms with van der Waals surface area (Å²) in [5.41, 5.74) is 6.03. The number of amides is 1. The topological polar surface area (TPSA) is 83.8 Å². The maximum atomic E-state index is 13.2. The maximum Gasteiger partial charge on any atom is 0.258 e. The highest BCUT2D eigenvalue weighted by Gasteiger charge is 2.14. The van der Waals surface area contributed by atoms with Gasteiger partial charge in [0.25, 0.3) is 5.91 Å². The Balaban J connectivity index is 2.27. The van der Waals surface area contributed by atoms with Crippen molar-refractivity contribution in [2.24, 2.45) is 0 Å². The summed E-state index contributed by atoms with van der Waals surface area (Å²) in [6.07, 6.45) is 1.37. The van der Waals surface area contributed by atoms with Gasteiger partial charge in [0, 0.05) is 0 Å². The molecule has 0 bridgehead atoms. The van der Waals surface area contributed by atoms with E-state index in [0.29, 0.717) is 5.69 Å². The Morgan fingerprint density at radius 3 is 2.94 bits per heavy atom. The molecule has 0 saturated heterocycles. The molecule has 5 nitrogen and oxygen atoms in total. The standard InChI is InChI=1S/C10H8BrFN4O/c11-8-5(2-1-3-6(8)12)10(17)15-9-7(13)4-14-16-9/h1-4H,13H2,(H2,14,15,16,17). The molecule has 2 rings (SSSR count). The van der Waals surface area contributed by atoms with Gasteiger partial charge >= 0.3 is 0 Å². The van der Waals surface area contributed by atoms with Gasteiger partial charge in [-0.05, 0) is 28.1 Å². The first-order valence-electron chi connectivity index (χ1n) is 4.64. The van der Waals surface area contributed by atoms with Crippen LogP contribution in [0, 0.1) is 5.82 Å². The lowest BCUT2D eigenvalue weighted by Crippen LogP contribution is -2.14. The van der Waals surface area contributed by atoms with Crippen LogP contribution in [0.5, 0.6) is 0 Å². The Hall–Kier alpha value is -1.89. The number of nitrogen functional groups attached to an aromatic ring is 1. The number of nitrogens with two attached hydrogens (primary N) is 1. The van der Waals surface area contributed by atoms with Crippen molar-refractivity contribution in [3.8, 4) is 0 Å². The average Bonchev–Trinajstić information content (AvgIpc) is 2.68. The van der Waals surface area contributed by atoms with E-state index in [4.69, 9.17) is 5.73 Å². The molecule has 7 heteroatoms. The van der Waals surface area contributed by atoms with Crippen LogP contribution in [0.1, 0.15) is 10.4 Å². The molecule has 17 heavy (non-hydrogen) atoms. The molecule has 1 amide bonds. The number of hydrogen-bond donors (Lipinski definition) is 3. The predicted molar refractivity (Wildman–Crippen MR) is 65.1 cm³/mol. The lowest BCUT2D eigenvalue weighted by molar-refractivity contribution is 0.102. The molecule has 1 aromatic carbocycles. The van der Waals surface area contributed by atoms with Crippen LogP contribution in [-0.2, 0) is 0 Å². The highest BCUT2D eigenvalue weighted by molar-refractivity contribution is 9.10. The fourth-order valence-electron chi connectivity index (χ4n) is 1.26. The van der Waals surface area contributed by atoms with Crippen molar-refractivity contribution in [1.29, 1.82) is 0 Å². The van der Waals surface area contributed by atoms with Gasteiger partial charge in [0.15, 0.2) is 5.82 Å². The number of carbonyl (C=O) groups is 1. The van der Waals surface area contributed by atoms with E-state index < -0.39 is 11.7 Å². The molecule has 0 aliphatic heterocycles. The maximum absolute atomic E-state index is 13.2. The smallest absolute Gasteiger partial charge is 0.258 e. The van der Waals surface area contributed by atoms with Crippen molar-refractivity contribution in [3.05, 3.63) is 40.2 Å². The second kappa shape index (κ2) is 4.54. The minimum atomic E-state index is -0.504. The number of rotatable bonds is 2. The van der Waals surface area contributed by atoms with Crippen LogP contribution in [0.25, 0.3) is 0 Å². The molecule has 0 radical (unpaired) electrons. The zero-order valence-corrected chi connectivity index (χ0v) is 10.1. The molecule has 0 fully saturated rings. The molecule has 88 valence electrons. The molecule has 0 spiro atoms. The summed E-state index contributed by atoms with van der Waals surface area (Å²) in [6.45, 7) is 0. The molecule has 0 atom stereocenters. The van der Waals surface area contributed by atoms with Crippen LogP contribution in [0.15, 0.2) is 28.9 Å². The number of halogens is 2. The van der Waals surface area contributed by atoms with E-state index in [2.05, 4.69) is 31.4 Å². The molecular weight excluding hydrogens is 291 g/mol. The Morgan fingerprint density at radius 2 is 2.29 bits per heavy atom. The quantitative estimate of drug-likeness (QED) is 0.794. The third kappa shape index (κ3) is 2.28. The van der Waals surface area contributed by atoms with Crippen LogP contribution in [-0.4, -0.2) is 16.1 Å². The Labute approximate surface area is 104 Å². The van der Waals surface area contributed by atoms with Crippen LogP contribution in [0.2, 0.25) is 0 Å². The minimum absolute atomic E-state index is 0.107. The van der Waals surface area contributed by atoms with Gasteiger partial charge in [-0.15, -0.1) is 0 Å². The molecular formula is C10H8BrFN4O. The molecule has 0 saturated carbocycles. The molecule has 2 aromatic rings. The summed E-state index contributed by atoms with van der Waals surface area (Å²) >= 11 is 3.01. The number of hydrogen-bond acceptors (Lipinski definition) is 3.